The second-order valence-corrected chi connectivity index (χ2v) is 9.18. The van der Waals surface area contributed by atoms with Crippen LogP contribution in [0.2, 0.25) is 0 Å². The van der Waals surface area contributed by atoms with E-state index in [1.165, 1.54) is 34.6 Å². The fraction of sp³-hybridized carbons (Fsp3) is 0.150. The van der Waals surface area contributed by atoms with Crippen LogP contribution in [0.5, 0.6) is 0 Å². The molecule has 160 valence electrons. The minimum absolute atomic E-state index is 0.0492. The van der Waals surface area contributed by atoms with Crippen LogP contribution < -0.4 is 14.9 Å². The normalized spacial score (nSPS) is 16.2. The highest BCUT2D eigenvalue weighted by atomic mass is 32.2. The highest BCUT2D eigenvalue weighted by Crippen LogP contribution is 2.26. The molecule has 0 radical (unpaired) electrons. The quantitative estimate of drug-likeness (QED) is 0.585. The number of sulfonamides is 1. The minimum atomic E-state index is -3.78. The van der Waals surface area contributed by atoms with Gasteiger partial charge in [-0.2, -0.15) is 0 Å². The Morgan fingerprint density at radius 2 is 1.87 bits per heavy atom. The first-order chi connectivity index (χ1) is 14.9. The number of para-hydroxylation sites is 1. The highest BCUT2D eigenvalue weighted by Gasteiger charge is 2.35. The first-order valence-electron chi connectivity index (χ1n) is 9.29. The van der Waals surface area contributed by atoms with E-state index in [2.05, 4.69) is 15.0 Å². The number of aromatic nitrogens is 1. The van der Waals surface area contributed by atoms with Gasteiger partial charge in [-0.15, -0.1) is 11.3 Å². The fourth-order valence-electron chi connectivity index (χ4n) is 3.07. The molecule has 31 heavy (non-hydrogen) atoms. The van der Waals surface area contributed by atoms with Gasteiger partial charge in [0.1, 0.15) is 0 Å². The number of thiazole rings is 1. The van der Waals surface area contributed by atoms with Gasteiger partial charge in [-0.05, 0) is 36.4 Å². The van der Waals surface area contributed by atoms with Crippen molar-refractivity contribution in [3.63, 3.8) is 0 Å². The molecular formula is C20H18N4O5S2. The minimum Gasteiger partial charge on any atom is -0.436 e. The van der Waals surface area contributed by atoms with Crippen LogP contribution in [-0.4, -0.2) is 38.1 Å². The van der Waals surface area contributed by atoms with Gasteiger partial charge >= 0.3 is 6.09 Å². The van der Waals surface area contributed by atoms with Crippen molar-refractivity contribution >= 4 is 49.9 Å². The number of carbonyl (C=O) groups is 2. The van der Waals surface area contributed by atoms with Crippen molar-refractivity contribution in [2.75, 3.05) is 21.5 Å². The Bertz CT molecular complexity index is 1170. The Morgan fingerprint density at radius 1 is 1.13 bits per heavy atom. The summed E-state index contributed by atoms with van der Waals surface area (Å²) in [7, 11) is -3.78. The van der Waals surface area contributed by atoms with Crippen LogP contribution >= 0.6 is 11.3 Å². The van der Waals surface area contributed by atoms with Crippen LogP contribution in [0.4, 0.5) is 21.3 Å². The lowest BCUT2D eigenvalue weighted by Crippen LogP contribution is -2.33. The number of amides is 2. The van der Waals surface area contributed by atoms with Crippen molar-refractivity contribution in [1.29, 1.82) is 0 Å². The lowest BCUT2D eigenvalue weighted by molar-refractivity contribution is -0.124. The summed E-state index contributed by atoms with van der Waals surface area (Å²) >= 11 is 1.17. The zero-order valence-corrected chi connectivity index (χ0v) is 17.7. The number of nitrogens with zero attached hydrogens (tertiary/aromatic N) is 2. The number of anilines is 3. The Kier molecular flexibility index (Phi) is 5.87. The topological polar surface area (TPSA) is 118 Å². The first kappa shape index (κ1) is 20.8. The molecule has 1 atom stereocenters. The summed E-state index contributed by atoms with van der Waals surface area (Å²) in [4.78, 5) is 30.1. The molecule has 0 aliphatic carbocycles. The predicted molar refractivity (Wildman–Crippen MR) is 117 cm³/mol. The van der Waals surface area contributed by atoms with Crippen molar-refractivity contribution in [2.45, 2.75) is 17.4 Å². The van der Waals surface area contributed by atoms with E-state index >= 15 is 0 Å². The molecule has 9 nitrogen and oxygen atoms in total. The molecule has 0 spiro atoms. The van der Waals surface area contributed by atoms with Gasteiger partial charge in [0.25, 0.3) is 15.9 Å². The van der Waals surface area contributed by atoms with Gasteiger partial charge in [-0.1, -0.05) is 18.2 Å². The SMILES string of the molecule is O=C(Nc1ccccc1)OC1CCN(c2ccc(S(=O)(=O)Nc3nccs3)cc2)C1=O. The Hall–Kier alpha value is -3.44. The summed E-state index contributed by atoms with van der Waals surface area (Å²) in [6.45, 7) is 0.353. The Morgan fingerprint density at radius 3 is 2.55 bits per heavy atom. The molecule has 1 fully saturated rings. The molecule has 2 heterocycles. The van der Waals surface area contributed by atoms with Crippen molar-refractivity contribution < 1.29 is 22.7 Å². The molecule has 1 unspecified atom stereocenters. The van der Waals surface area contributed by atoms with E-state index in [0.717, 1.165) is 0 Å². The van der Waals surface area contributed by atoms with Gasteiger partial charge in [-0.25, -0.2) is 18.2 Å². The molecule has 2 N–H and O–H groups in total. The van der Waals surface area contributed by atoms with Gasteiger partial charge in [0.2, 0.25) is 0 Å². The summed E-state index contributed by atoms with van der Waals surface area (Å²) in [5.41, 5.74) is 1.09. The van der Waals surface area contributed by atoms with Gasteiger partial charge in [0.05, 0.1) is 4.90 Å². The number of hydrogen-bond acceptors (Lipinski definition) is 7. The number of carbonyl (C=O) groups excluding carboxylic acids is 2. The van der Waals surface area contributed by atoms with Crippen molar-refractivity contribution in [2.24, 2.45) is 0 Å². The van der Waals surface area contributed by atoms with E-state index in [4.69, 9.17) is 4.74 Å². The van der Waals surface area contributed by atoms with E-state index in [9.17, 15) is 18.0 Å². The van der Waals surface area contributed by atoms with Crippen molar-refractivity contribution in [3.8, 4) is 0 Å². The Labute approximate surface area is 182 Å². The predicted octanol–water partition coefficient (Wildman–Crippen LogP) is 3.30. The van der Waals surface area contributed by atoms with E-state index in [1.807, 2.05) is 6.07 Å². The number of hydrogen-bond donors (Lipinski definition) is 2. The van der Waals surface area contributed by atoms with Crippen LogP contribution in [-0.2, 0) is 19.6 Å². The molecule has 11 heteroatoms. The third-order valence-corrected chi connectivity index (χ3v) is 6.71. The zero-order chi connectivity index (χ0) is 21.8. The summed E-state index contributed by atoms with van der Waals surface area (Å²) in [6, 6.07) is 14.7. The second-order valence-electron chi connectivity index (χ2n) is 6.60. The average molecular weight is 459 g/mol. The second kappa shape index (κ2) is 8.74. The standard InChI is InChI=1S/C20H18N4O5S2/c25-18-17(29-20(26)22-14-4-2-1-3-5-14)10-12-24(18)15-6-8-16(9-7-15)31(27,28)23-19-21-11-13-30-19/h1-9,11,13,17H,10,12H2,(H,21,23)(H,22,26). The summed E-state index contributed by atoms with van der Waals surface area (Å²) in [5.74, 6) is -0.361. The monoisotopic (exact) mass is 458 g/mol. The largest absolute Gasteiger partial charge is 0.436 e. The van der Waals surface area contributed by atoms with Crippen LogP contribution in [0, 0.1) is 0 Å². The van der Waals surface area contributed by atoms with Gasteiger partial charge in [0.15, 0.2) is 11.2 Å². The smallest absolute Gasteiger partial charge is 0.412 e. The molecule has 1 aliphatic heterocycles. The molecule has 1 saturated heterocycles. The molecule has 2 aromatic carbocycles. The molecule has 0 bridgehead atoms. The number of benzene rings is 2. The van der Waals surface area contributed by atoms with E-state index in [-0.39, 0.29) is 15.9 Å². The number of nitrogens with one attached hydrogen (secondary N) is 2. The molecule has 4 rings (SSSR count). The molecule has 3 aromatic rings. The van der Waals surface area contributed by atoms with Gasteiger partial charge < -0.3 is 9.64 Å². The van der Waals surface area contributed by atoms with Crippen LogP contribution in [0.1, 0.15) is 6.42 Å². The molecule has 0 saturated carbocycles. The number of rotatable bonds is 6. The maximum absolute atomic E-state index is 12.7. The number of ether oxygens (including phenoxy) is 1. The summed E-state index contributed by atoms with van der Waals surface area (Å²) < 4.78 is 32.5. The third kappa shape index (κ3) is 4.84. The molecule has 2 amide bonds. The van der Waals surface area contributed by atoms with Crippen LogP contribution in [0.25, 0.3) is 0 Å². The Balaban J connectivity index is 1.39. The van der Waals surface area contributed by atoms with Crippen LogP contribution in [0.15, 0.2) is 71.1 Å². The lowest BCUT2D eigenvalue weighted by Gasteiger charge is -2.17. The molecular weight excluding hydrogens is 440 g/mol. The van der Waals surface area contributed by atoms with E-state index in [0.29, 0.717) is 24.3 Å². The first-order valence-corrected chi connectivity index (χ1v) is 11.6. The van der Waals surface area contributed by atoms with E-state index in [1.54, 1.807) is 41.8 Å². The van der Waals surface area contributed by atoms with Gasteiger partial charge in [-0.3, -0.25) is 14.8 Å². The maximum Gasteiger partial charge on any atom is 0.412 e. The molecule has 1 aromatic heterocycles. The highest BCUT2D eigenvalue weighted by molar-refractivity contribution is 7.93. The fourth-order valence-corrected chi connectivity index (χ4v) is 4.86. The van der Waals surface area contributed by atoms with Crippen LogP contribution in [0.3, 0.4) is 0 Å². The zero-order valence-electron chi connectivity index (χ0n) is 16.1. The maximum atomic E-state index is 12.7. The van der Waals surface area contributed by atoms with Crippen molar-refractivity contribution in [3.05, 3.63) is 66.2 Å². The summed E-state index contributed by atoms with van der Waals surface area (Å²) in [5, 5.41) is 4.51. The molecule has 1 aliphatic rings. The van der Waals surface area contributed by atoms with E-state index < -0.39 is 22.2 Å². The third-order valence-electron chi connectivity index (χ3n) is 4.54. The van der Waals surface area contributed by atoms with Gasteiger partial charge in [0, 0.05) is 35.9 Å². The average Bonchev–Trinajstić information content (AvgIpc) is 3.38. The summed E-state index contributed by atoms with van der Waals surface area (Å²) in [6.07, 6.45) is 0.232. The lowest BCUT2D eigenvalue weighted by atomic mass is 10.3. The van der Waals surface area contributed by atoms with Crippen molar-refractivity contribution in [1.82, 2.24) is 4.98 Å².